The minimum Gasteiger partial charge on any atom is -0.497 e. The zero-order chi connectivity index (χ0) is 25.2. The average Bonchev–Trinajstić information content (AvgIpc) is 2.90. The molecule has 0 unspecified atom stereocenters. The molecule has 0 spiro atoms. The molecule has 0 bridgehead atoms. The Morgan fingerprint density at radius 3 is 2.14 bits per heavy atom. The van der Waals surface area contributed by atoms with E-state index in [9.17, 15) is 9.59 Å². The molecule has 0 aliphatic heterocycles. The number of pyridine rings is 1. The Kier molecular flexibility index (Phi) is 9.06. The van der Waals surface area contributed by atoms with Crippen molar-refractivity contribution in [3.63, 3.8) is 0 Å². The second-order valence-electron chi connectivity index (χ2n) is 7.99. The van der Waals surface area contributed by atoms with Crippen LogP contribution < -0.4 is 19.5 Å². The largest absolute Gasteiger partial charge is 0.497 e. The van der Waals surface area contributed by atoms with Gasteiger partial charge in [-0.25, -0.2) is 0 Å². The number of methoxy groups -OCH3 is 3. The van der Waals surface area contributed by atoms with Gasteiger partial charge in [-0.15, -0.1) is 0 Å². The number of aromatic nitrogens is 1. The summed E-state index contributed by atoms with van der Waals surface area (Å²) in [7, 11) is 4.71. The lowest BCUT2D eigenvalue weighted by atomic mass is 10.1. The molecule has 2 aromatic carbocycles. The molecule has 1 heterocycles. The molecule has 35 heavy (non-hydrogen) atoms. The highest BCUT2D eigenvalue weighted by molar-refractivity contribution is 5.88. The summed E-state index contributed by atoms with van der Waals surface area (Å²) in [6.45, 7) is 2.36. The smallest absolute Gasteiger partial charge is 0.242 e. The monoisotopic (exact) mass is 477 g/mol. The molecule has 0 saturated heterocycles. The van der Waals surface area contributed by atoms with Crippen LogP contribution in [0.1, 0.15) is 23.6 Å². The molecule has 1 N–H and O–H groups in total. The summed E-state index contributed by atoms with van der Waals surface area (Å²) in [5.41, 5.74) is 2.58. The summed E-state index contributed by atoms with van der Waals surface area (Å²) < 4.78 is 15.9. The van der Waals surface area contributed by atoms with Crippen LogP contribution >= 0.6 is 0 Å². The van der Waals surface area contributed by atoms with Crippen LogP contribution in [0.25, 0.3) is 0 Å². The molecule has 8 nitrogen and oxygen atoms in total. The third-order valence-corrected chi connectivity index (χ3v) is 5.70. The Balaban J connectivity index is 1.79. The summed E-state index contributed by atoms with van der Waals surface area (Å²) in [5.74, 6) is 1.43. The van der Waals surface area contributed by atoms with Crippen LogP contribution in [0.5, 0.6) is 17.2 Å². The first-order chi connectivity index (χ1) is 16.9. The molecule has 1 aromatic heterocycles. The fraction of sp³-hybridized carbons (Fsp3) is 0.296. The van der Waals surface area contributed by atoms with E-state index in [1.165, 1.54) is 0 Å². The minimum absolute atomic E-state index is 0.110. The van der Waals surface area contributed by atoms with Crippen molar-refractivity contribution in [1.29, 1.82) is 0 Å². The lowest BCUT2D eigenvalue weighted by Crippen LogP contribution is -2.48. The summed E-state index contributed by atoms with van der Waals surface area (Å²) in [4.78, 5) is 32.0. The van der Waals surface area contributed by atoms with Gasteiger partial charge in [0.25, 0.3) is 0 Å². The fourth-order valence-electron chi connectivity index (χ4n) is 3.61. The molecule has 1 atom stereocenters. The Morgan fingerprint density at radius 1 is 0.857 bits per heavy atom. The molecule has 0 saturated carbocycles. The number of nitrogens with one attached hydrogen (secondary N) is 1. The third-order valence-electron chi connectivity index (χ3n) is 5.70. The minimum atomic E-state index is -0.688. The summed E-state index contributed by atoms with van der Waals surface area (Å²) in [6, 6.07) is 15.8. The number of hydrogen-bond donors (Lipinski definition) is 1. The van der Waals surface area contributed by atoms with E-state index >= 15 is 0 Å². The van der Waals surface area contributed by atoms with Crippen molar-refractivity contribution in [3.05, 3.63) is 83.7 Å². The van der Waals surface area contributed by atoms with Crippen LogP contribution in [-0.4, -0.2) is 49.1 Å². The van der Waals surface area contributed by atoms with Gasteiger partial charge in [-0.3, -0.25) is 14.6 Å². The highest BCUT2D eigenvalue weighted by atomic mass is 16.5. The van der Waals surface area contributed by atoms with Crippen LogP contribution in [0.15, 0.2) is 67.0 Å². The number of nitrogens with zero attached hydrogens (tertiary/aromatic N) is 2. The number of hydrogen-bond acceptors (Lipinski definition) is 6. The Hall–Kier alpha value is -4.07. The Bertz CT molecular complexity index is 1120. The number of carbonyl (C=O) groups is 2. The molecule has 184 valence electrons. The van der Waals surface area contributed by atoms with Crippen LogP contribution in [-0.2, 0) is 29.1 Å². The molecule has 0 radical (unpaired) electrons. The molecule has 3 rings (SSSR count). The molecule has 2 amide bonds. The van der Waals surface area contributed by atoms with Gasteiger partial charge in [-0.2, -0.15) is 0 Å². The summed E-state index contributed by atoms with van der Waals surface area (Å²) >= 11 is 0. The lowest BCUT2D eigenvalue weighted by Gasteiger charge is -2.29. The van der Waals surface area contributed by atoms with E-state index in [1.807, 2.05) is 42.5 Å². The highest BCUT2D eigenvalue weighted by Gasteiger charge is 2.26. The molecule has 0 aliphatic rings. The van der Waals surface area contributed by atoms with Crippen molar-refractivity contribution in [2.75, 3.05) is 21.3 Å². The molecular weight excluding hydrogens is 446 g/mol. The van der Waals surface area contributed by atoms with Crippen molar-refractivity contribution in [2.45, 2.75) is 32.5 Å². The van der Waals surface area contributed by atoms with Crippen molar-refractivity contribution in [3.8, 4) is 17.2 Å². The third kappa shape index (κ3) is 6.96. The van der Waals surface area contributed by atoms with Gasteiger partial charge < -0.3 is 24.4 Å². The maximum absolute atomic E-state index is 13.5. The first-order valence-electron chi connectivity index (χ1n) is 11.2. The maximum Gasteiger partial charge on any atom is 0.242 e. The molecule has 0 aliphatic carbocycles. The number of carbonyl (C=O) groups excluding carboxylic acids is 2. The Labute approximate surface area is 205 Å². The number of benzene rings is 2. The topological polar surface area (TPSA) is 90.0 Å². The summed E-state index contributed by atoms with van der Waals surface area (Å²) in [5, 5.41) is 2.92. The van der Waals surface area contributed by atoms with E-state index in [0.29, 0.717) is 18.0 Å². The lowest BCUT2D eigenvalue weighted by molar-refractivity contribution is -0.140. The zero-order valence-electron chi connectivity index (χ0n) is 20.5. The van der Waals surface area contributed by atoms with Crippen molar-refractivity contribution in [1.82, 2.24) is 15.2 Å². The van der Waals surface area contributed by atoms with Gasteiger partial charge in [-0.1, -0.05) is 18.2 Å². The number of rotatable bonds is 11. The summed E-state index contributed by atoms with van der Waals surface area (Å²) in [6.07, 6.45) is 3.46. The van der Waals surface area contributed by atoms with Gasteiger partial charge in [0.2, 0.25) is 11.8 Å². The van der Waals surface area contributed by atoms with E-state index in [1.54, 1.807) is 57.7 Å². The van der Waals surface area contributed by atoms with E-state index in [-0.39, 0.29) is 24.8 Å². The van der Waals surface area contributed by atoms with E-state index in [2.05, 4.69) is 10.3 Å². The van der Waals surface area contributed by atoms with Crippen LogP contribution in [0.2, 0.25) is 0 Å². The molecule has 8 heteroatoms. The predicted molar refractivity (Wildman–Crippen MR) is 132 cm³/mol. The van der Waals surface area contributed by atoms with Crippen molar-refractivity contribution >= 4 is 11.8 Å². The first-order valence-corrected chi connectivity index (χ1v) is 11.2. The van der Waals surface area contributed by atoms with Gasteiger partial charge in [-0.05, 0) is 60.0 Å². The van der Waals surface area contributed by atoms with E-state index in [0.717, 1.165) is 22.4 Å². The predicted octanol–water partition coefficient (Wildman–Crippen LogP) is 3.38. The highest BCUT2D eigenvalue weighted by Crippen LogP contribution is 2.28. The fourth-order valence-corrected chi connectivity index (χ4v) is 3.61. The number of amides is 2. The van der Waals surface area contributed by atoms with Gasteiger partial charge in [0.05, 0.1) is 27.8 Å². The van der Waals surface area contributed by atoms with Crippen LogP contribution in [0.3, 0.4) is 0 Å². The van der Waals surface area contributed by atoms with Gasteiger partial charge >= 0.3 is 0 Å². The van der Waals surface area contributed by atoms with Gasteiger partial charge in [0.1, 0.15) is 11.8 Å². The standard InChI is InChI=1S/C27H31N3O5/c1-19(27(32)29-17-20-11-13-28-14-12-20)30(18-21-5-8-23(33-2)9-6-21)26(31)16-22-7-10-24(34-3)25(15-22)35-4/h5-15,19H,16-18H2,1-4H3,(H,29,32)/t19-/m0/s1. The second kappa shape index (κ2) is 12.4. The molecule has 0 fully saturated rings. The van der Waals surface area contributed by atoms with Crippen molar-refractivity contribution in [2.24, 2.45) is 0 Å². The van der Waals surface area contributed by atoms with Gasteiger partial charge in [0.15, 0.2) is 11.5 Å². The second-order valence-corrected chi connectivity index (χ2v) is 7.99. The first kappa shape index (κ1) is 25.6. The normalized spacial score (nSPS) is 11.3. The van der Waals surface area contributed by atoms with Crippen LogP contribution in [0.4, 0.5) is 0 Å². The van der Waals surface area contributed by atoms with Gasteiger partial charge in [0, 0.05) is 25.5 Å². The zero-order valence-corrected chi connectivity index (χ0v) is 20.5. The Morgan fingerprint density at radius 2 is 1.51 bits per heavy atom. The SMILES string of the molecule is COc1ccc(CN(C(=O)Cc2ccc(OC)c(OC)c2)[C@@H](C)C(=O)NCc2ccncc2)cc1. The molecule has 3 aromatic rings. The quantitative estimate of drug-likeness (QED) is 0.455. The maximum atomic E-state index is 13.5. The average molecular weight is 478 g/mol. The van der Waals surface area contributed by atoms with Crippen molar-refractivity contribution < 1.29 is 23.8 Å². The molecular formula is C27H31N3O5. The van der Waals surface area contributed by atoms with E-state index < -0.39 is 6.04 Å². The van der Waals surface area contributed by atoms with Crippen LogP contribution in [0, 0.1) is 0 Å². The van der Waals surface area contributed by atoms with E-state index in [4.69, 9.17) is 14.2 Å². The number of ether oxygens (including phenoxy) is 3.